The number of carbonyl (C=O) groups excluding carboxylic acids is 1. The van der Waals surface area contributed by atoms with Crippen LogP contribution in [0.3, 0.4) is 0 Å². The van der Waals surface area contributed by atoms with E-state index in [0.29, 0.717) is 18.8 Å². The van der Waals surface area contributed by atoms with Crippen molar-refractivity contribution in [3.05, 3.63) is 52.4 Å². The molecule has 0 aliphatic heterocycles. The van der Waals surface area contributed by atoms with E-state index in [2.05, 4.69) is 0 Å². The van der Waals surface area contributed by atoms with E-state index in [-0.39, 0.29) is 24.2 Å². The van der Waals surface area contributed by atoms with Crippen LogP contribution in [-0.2, 0) is 11.3 Å². The predicted octanol–water partition coefficient (Wildman–Crippen LogP) is 1.50. The van der Waals surface area contributed by atoms with Crippen LogP contribution in [0.2, 0.25) is 0 Å². The zero-order valence-electron chi connectivity index (χ0n) is 14.4. The maximum Gasteiger partial charge on any atom is 0.223 e. The van der Waals surface area contributed by atoms with E-state index in [4.69, 9.17) is 19.9 Å². The van der Waals surface area contributed by atoms with Gasteiger partial charge < -0.3 is 24.5 Å². The summed E-state index contributed by atoms with van der Waals surface area (Å²) in [7, 11) is 1.61. The summed E-state index contributed by atoms with van der Waals surface area (Å²) < 4.78 is 18.1. The molecule has 25 heavy (non-hydrogen) atoms. The second-order valence-corrected chi connectivity index (χ2v) is 5.38. The lowest BCUT2D eigenvalue weighted by molar-refractivity contribution is -0.118. The number of pyridine rings is 1. The molecule has 1 amide bonds. The van der Waals surface area contributed by atoms with Gasteiger partial charge in [0.15, 0.2) is 5.75 Å². The van der Waals surface area contributed by atoms with E-state index in [1.807, 2.05) is 28.8 Å². The highest BCUT2D eigenvalue weighted by atomic mass is 16.5. The first-order valence-corrected chi connectivity index (χ1v) is 7.89. The minimum atomic E-state index is -0.471. The average Bonchev–Trinajstić information content (AvgIpc) is 2.60. The van der Waals surface area contributed by atoms with Crippen LogP contribution < -0.4 is 25.4 Å². The van der Waals surface area contributed by atoms with Crippen molar-refractivity contribution in [2.45, 2.75) is 19.9 Å². The van der Waals surface area contributed by atoms with Gasteiger partial charge in [0.1, 0.15) is 18.1 Å². The van der Waals surface area contributed by atoms with Gasteiger partial charge in [-0.1, -0.05) is 0 Å². The molecular formula is C18H22N2O5. The summed E-state index contributed by atoms with van der Waals surface area (Å²) in [6, 6.07) is 8.74. The molecule has 7 nitrogen and oxygen atoms in total. The minimum Gasteiger partial charge on any atom is -0.497 e. The first-order chi connectivity index (χ1) is 12.0. The Bertz CT molecular complexity index is 768. The Labute approximate surface area is 145 Å². The van der Waals surface area contributed by atoms with Crippen molar-refractivity contribution in [3.8, 4) is 17.2 Å². The number of benzene rings is 1. The van der Waals surface area contributed by atoms with Crippen molar-refractivity contribution in [1.29, 1.82) is 0 Å². The molecule has 0 atom stereocenters. The van der Waals surface area contributed by atoms with Crippen LogP contribution in [0.5, 0.6) is 17.2 Å². The number of ether oxygens (including phenoxy) is 3. The SMILES string of the molecule is COc1ccc(OCCn2ccc(=O)c(OCCC(N)=O)c2C)cc1. The van der Waals surface area contributed by atoms with E-state index in [1.54, 1.807) is 20.2 Å². The molecule has 0 fully saturated rings. The predicted molar refractivity (Wildman–Crippen MR) is 93.2 cm³/mol. The van der Waals surface area contributed by atoms with Gasteiger partial charge in [-0.15, -0.1) is 0 Å². The highest BCUT2D eigenvalue weighted by Crippen LogP contribution is 2.17. The maximum atomic E-state index is 11.9. The monoisotopic (exact) mass is 346 g/mol. The van der Waals surface area contributed by atoms with E-state index < -0.39 is 5.91 Å². The largest absolute Gasteiger partial charge is 0.497 e. The Hall–Kier alpha value is -2.96. The Kier molecular flexibility index (Phi) is 6.45. The first-order valence-electron chi connectivity index (χ1n) is 7.89. The molecule has 7 heteroatoms. The summed E-state index contributed by atoms with van der Waals surface area (Å²) in [6.07, 6.45) is 1.75. The normalized spacial score (nSPS) is 10.3. The Balaban J connectivity index is 1.96. The van der Waals surface area contributed by atoms with Crippen LogP contribution in [0.1, 0.15) is 12.1 Å². The second kappa shape index (κ2) is 8.77. The number of hydrogen-bond acceptors (Lipinski definition) is 5. The average molecular weight is 346 g/mol. The fraction of sp³-hybridized carbons (Fsp3) is 0.333. The second-order valence-electron chi connectivity index (χ2n) is 5.38. The zero-order chi connectivity index (χ0) is 18.2. The van der Waals surface area contributed by atoms with Gasteiger partial charge in [0, 0.05) is 12.3 Å². The molecule has 0 radical (unpaired) electrons. The molecule has 0 aliphatic carbocycles. The molecular weight excluding hydrogens is 324 g/mol. The molecule has 2 rings (SSSR count). The Morgan fingerprint density at radius 3 is 2.40 bits per heavy atom. The molecule has 0 unspecified atom stereocenters. The van der Waals surface area contributed by atoms with Crippen LogP contribution in [0, 0.1) is 6.92 Å². The van der Waals surface area contributed by atoms with Gasteiger partial charge in [-0.05, 0) is 31.2 Å². The lowest BCUT2D eigenvalue weighted by Gasteiger charge is -2.15. The van der Waals surface area contributed by atoms with Gasteiger partial charge in [0.2, 0.25) is 11.3 Å². The summed E-state index contributed by atoms with van der Waals surface area (Å²) in [5, 5.41) is 0. The third-order valence-electron chi connectivity index (χ3n) is 3.64. The molecule has 0 spiro atoms. The molecule has 0 bridgehead atoms. The van der Waals surface area contributed by atoms with Gasteiger partial charge in [0.05, 0.1) is 32.4 Å². The van der Waals surface area contributed by atoms with Crippen LogP contribution in [0.15, 0.2) is 41.3 Å². The molecule has 2 aromatic rings. The Morgan fingerprint density at radius 1 is 1.08 bits per heavy atom. The first kappa shape index (κ1) is 18.4. The zero-order valence-corrected chi connectivity index (χ0v) is 14.4. The van der Waals surface area contributed by atoms with Crippen molar-refractivity contribution in [2.75, 3.05) is 20.3 Å². The van der Waals surface area contributed by atoms with Gasteiger partial charge in [0.25, 0.3) is 0 Å². The van der Waals surface area contributed by atoms with Crippen LogP contribution in [0.25, 0.3) is 0 Å². The van der Waals surface area contributed by atoms with Crippen molar-refractivity contribution in [1.82, 2.24) is 4.57 Å². The quantitative estimate of drug-likeness (QED) is 0.743. The standard InChI is InChI=1S/C18H22N2O5/c1-13-18(25-11-8-17(19)22)16(21)7-9-20(13)10-12-24-15-5-3-14(23-2)4-6-15/h3-7,9H,8,10-12H2,1-2H3,(H2,19,22). The van der Waals surface area contributed by atoms with Crippen molar-refractivity contribution in [3.63, 3.8) is 0 Å². The molecule has 2 N–H and O–H groups in total. The summed E-state index contributed by atoms with van der Waals surface area (Å²) in [6.45, 7) is 2.84. The smallest absolute Gasteiger partial charge is 0.223 e. The molecule has 0 saturated heterocycles. The molecule has 0 saturated carbocycles. The highest BCUT2D eigenvalue weighted by molar-refractivity contribution is 5.73. The van der Waals surface area contributed by atoms with E-state index in [0.717, 1.165) is 11.5 Å². The number of nitrogens with two attached hydrogens (primary N) is 1. The van der Waals surface area contributed by atoms with E-state index >= 15 is 0 Å². The Morgan fingerprint density at radius 2 is 1.76 bits per heavy atom. The number of amides is 1. The number of primary amides is 1. The number of hydrogen-bond donors (Lipinski definition) is 1. The fourth-order valence-corrected chi connectivity index (χ4v) is 2.26. The number of aromatic nitrogens is 1. The lowest BCUT2D eigenvalue weighted by atomic mass is 10.3. The number of carbonyl (C=O) groups is 1. The minimum absolute atomic E-state index is 0.0638. The van der Waals surface area contributed by atoms with Crippen LogP contribution in [-0.4, -0.2) is 30.8 Å². The highest BCUT2D eigenvalue weighted by Gasteiger charge is 2.09. The van der Waals surface area contributed by atoms with Crippen molar-refractivity contribution in [2.24, 2.45) is 5.73 Å². The topological polar surface area (TPSA) is 92.8 Å². The summed E-state index contributed by atoms with van der Waals surface area (Å²) in [5.41, 5.74) is 5.52. The number of rotatable bonds is 9. The molecule has 1 heterocycles. The fourth-order valence-electron chi connectivity index (χ4n) is 2.26. The third kappa shape index (κ3) is 5.27. The number of methoxy groups -OCH3 is 1. The van der Waals surface area contributed by atoms with Crippen LogP contribution in [0.4, 0.5) is 0 Å². The molecule has 1 aromatic heterocycles. The van der Waals surface area contributed by atoms with Gasteiger partial charge in [-0.25, -0.2) is 0 Å². The van der Waals surface area contributed by atoms with Gasteiger partial charge in [-0.2, -0.15) is 0 Å². The van der Waals surface area contributed by atoms with Crippen LogP contribution >= 0.6 is 0 Å². The van der Waals surface area contributed by atoms with Gasteiger partial charge >= 0.3 is 0 Å². The van der Waals surface area contributed by atoms with E-state index in [9.17, 15) is 9.59 Å². The molecule has 0 aliphatic rings. The third-order valence-corrected chi connectivity index (χ3v) is 3.64. The molecule has 1 aromatic carbocycles. The van der Waals surface area contributed by atoms with E-state index in [1.165, 1.54) is 6.07 Å². The van der Waals surface area contributed by atoms with Gasteiger partial charge in [-0.3, -0.25) is 9.59 Å². The van der Waals surface area contributed by atoms with Crippen molar-refractivity contribution >= 4 is 5.91 Å². The number of nitrogens with zero attached hydrogens (tertiary/aromatic N) is 1. The molecule has 134 valence electrons. The van der Waals surface area contributed by atoms with Crippen molar-refractivity contribution < 1.29 is 19.0 Å². The summed E-state index contributed by atoms with van der Waals surface area (Å²) >= 11 is 0. The summed E-state index contributed by atoms with van der Waals surface area (Å²) in [4.78, 5) is 22.7. The summed E-state index contributed by atoms with van der Waals surface area (Å²) in [5.74, 6) is 1.26. The lowest BCUT2D eigenvalue weighted by Crippen LogP contribution is -2.20. The maximum absolute atomic E-state index is 11.9.